The molecular weight excluding hydrogens is 398 g/mol. The molecule has 0 bridgehead atoms. The van der Waals surface area contributed by atoms with Crippen LogP contribution in [0.4, 0.5) is 5.69 Å². The first kappa shape index (κ1) is 21.5. The zero-order valence-corrected chi connectivity index (χ0v) is 18.0. The number of nitrogens with zero attached hydrogens (tertiary/aromatic N) is 1. The number of benzene rings is 2. The lowest BCUT2D eigenvalue weighted by molar-refractivity contribution is -0.128. The summed E-state index contributed by atoms with van der Waals surface area (Å²) in [5, 5.41) is 8.65. The van der Waals surface area contributed by atoms with Crippen LogP contribution in [-0.4, -0.2) is 29.4 Å². The zero-order chi connectivity index (χ0) is 21.5. The van der Waals surface area contributed by atoms with E-state index in [0.29, 0.717) is 11.4 Å². The van der Waals surface area contributed by atoms with Gasteiger partial charge >= 0.3 is 0 Å². The molecular formula is C23H25N3O3S. The minimum atomic E-state index is -0.669. The summed E-state index contributed by atoms with van der Waals surface area (Å²) in [6, 6.07) is 15.9. The van der Waals surface area contributed by atoms with Crippen molar-refractivity contribution in [2.24, 2.45) is 5.92 Å². The minimum absolute atomic E-state index is 0.0806. The Morgan fingerprint density at radius 2 is 1.77 bits per heavy atom. The maximum Gasteiger partial charge on any atom is 0.258 e. The highest BCUT2D eigenvalue weighted by Crippen LogP contribution is 2.23. The molecule has 7 heteroatoms. The summed E-state index contributed by atoms with van der Waals surface area (Å²) < 4.78 is 5.45. The van der Waals surface area contributed by atoms with Gasteiger partial charge in [-0.1, -0.05) is 44.2 Å². The Hall–Kier alpha value is -3.19. The van der Waals surface area contributed by atoms with Crippen LogP contribution in [0.15, 0.2) is 60.0 Å². The molecule has 2 N–H and O–H groups in total. The molecule has 2 amide bonds. The number of ether oxygens (including phenoxy) is 1. The SMILES string of the molecule is Cc1nc(-c2ccc(NC(=O)[C@@H](NC(=O)COc3ccccc3)C(C)C)cc2)cs1. The van der Waals surface area contributed by atoms with Crippen LogP contribution in [0.5, 0.6) is 5.75 Å². The van der Waals surface area contributed by atoms with E-state index in [9.17, 15) is 9.59 Å². The quantitative estimate of drug-likeness (QED) is 0.567. The largest absolute Gasteiger partial charge is 0.484 e. The van der Waals surface area contributed by atoms with E-state index in [1.165, 1.54) is 0 Å². The van der Waals surface area contributed by atoms with Crippen molar-refractivity contribution in [2.45, 2.75) is 26.8 Å². The number of carbonyl (C=O) groups excluding carboxylic acids is 2. The molecule has 1 aromatic heterocycles. The minimum Gasteiger partial charge on any atom is -0.484 e. The van der Waals surface area contributed by atoms with Crippen LogP contribution in [0.3, 0.4) is 0 Å². The van der Waals surface area contributed by atoms with Gasteiger partial charge in [0, 0.05) is 16.6 Å². The first-order chi connectivity index (χ1) is 14.4. The second-order valence-electron chi connectivity index (χ2n) is 7.21. The van der Waals surface area contributed by atoms with Gasteiger partial charge in [0.15, 0.2) is 6.61 Å². The van der Waals surface area contributed by atoms with Crippen LogP contribution in [0.2, 0.25) is 0 Å². The number of nitrogens with one attached hydrogen (secondary N) is 2. The Labute approximate surface area is 180 Å². The molecule has 0 saturated heterocycles. The molecule has 1 atom stereocenters. The maximum atomic E-state index is 12.7. The fourth-order valence-corrected chi connectivity index (χ4v) is 3.48. The first-order valence-electron chi connectivity index (χ1n) is 9.73. The smallest absolute Gasteiger partial charge is 0.258 e. The van der Waals surface area contributed by atoms with Crippen molar-refractivity contribution in [2.75, 3.05) is 11.9 Å². The topological polar surface area (TPSA) is 80.3 Å². The Morgan fingerprint density at radius 3 is 2.37 bits per heavy atom. The van der Waals surface area contributed by atoms with Gasteiger partial charge in [-0.25, -0.2) is 4.98 Å². The van der Waals surface area contributed by atoms with Gasteiger partial charge in [-0.05, 0) is 37.1 Å². The molecule has 0 aliphatic heterocycles. The number of aryl methyl sites for hydroxylation is 1. The van der Waals surface area contributed by atoms with Crippen molar-refractivity contribution >= 4 is 28.8 Å². The van der Waals surface area contributed by atoms with Gasteiger partial charge in [0.1, 0.15) is 11.8 Å². The van der Waals surface area contributed by atoms with Crippen LogP contribution < -0.4 is 15.4 Å². The molecule has 0 spiro atoms. The number of rotatable bonds is 8. The van der Waals surface area contributed by atoms with Crippen molar-refractivity contribution < 1.29 is 14.3 Å². The Balaban J connectivity index is 1.57. The van der Waals surface area contributed by atoms with Gasteiger partial charge in [-0.2, -0.15) is 0 Å². The predicted octanol–water partition coefficient (Wildman–Crippen LogP) is 4.28. The third-order valence-electron chi connectivity index (χ3n) is 4.45. The molecule has 0 saturated carbocycles. The van der Waals surface area contributed by atoms with Crippen LogP contribution in [-0.2, 0) is 9.59 Å². The molecule has 2 aromatic carbocycles. The third kappa shape index (κ3) is 5.90. The molecule has 0 aliphatic rings. The summed E-state index contributed by atoms with van der Waals surface area (Å²) in [7, 11) is 0. The van der Waals surface area contributed by atoms with Crippen molar-refractivity contribution in [1.29, 1.82) is 0 Å². The summed E-state index contributed by atoms with van der Waals surface area (Å²) in [6.07, 6.45) is 0. The molecule has 0 radical (unpaired) electrons. The number of anilines is 1. The molecule has 30 heavy (non-hydrogen) atoms. The first-order valence-corrected chi connectivity index (χ1v) is 10.6. The van der Waals surface area contributed by atoms with Gasteiger partial charge in [-0.3, -0.25) is 9.59 Å². The number of thiazole rings is 1. The number of amides is 2. The van der Waals surface area contributed by atoms with Gasteiger partial charge in [-0.15, -0.1) is 11.3 Å². The molecule has 0 fully saturated rings. The van der Waals surface area contributed by atoms with E-state index in [-0.39, 0.29) is 24.3 Å². The van der Waals surface area contributed by atoms with Crippen molar-refractivity contribution in [1.82, 2.24) is 10.3 Å². The third-order valence-corrected chi connectivity index (χ3v) is 5.22. The summed E-state index contributed by atoms with van der Waals surface area (Å²) in [6.45, 7) is 5.59. The van der Waals surface area contributed by atoms with E-state index in [1.54, 1.807) is 23.5 Å². The lowest BCUT2D eigenvalue weighted by atomic mass is 10.0. The van der Waals surface area contributed by atoms with Crippen LogP contribution in [0, 0.1) is 12.8 Å². The standard InChI is InChI=1S/C23H25N3O3S/c1-15(2)22(26-21(27)13-29-19-7-5-4-6-8-19)23(28)25-18-11-9-17(10-12-18)20-14-30-16(3)24-20/h4-12,14-15,22H,13H2,1-3H3,(H,25,28)(H,26,27)/t22-/m0/s1. The highest BCUT2D eigenvalue weighted by molar-refractivity contribution is 7.09. The average molecular weight is 424 g/mol. The highest BCUT2D eigenvalue weighted by atomic mass is 32.1. The van der Waals surface area contributed by atoms with Crippen molar-refractivity contribution in [3.05, 3.63) is 65.0 Å². The summed E-state index contributed by atoms with van der Waals surface area (Å²) in [5.74, 6) is -0.0891. The second kappa shape index (κ2) is 10.0. The summed E-state index contributed by atoms with van der Waals surface area (Å²) in [4.78, 5) is 29.5. The molecule has 3 rings (SSSR count). The Kier molecular flexibility index (Phi) is 7.19. The second-order valence-corrected chi connectivity index (χ2v) is 8.27. The number of carbonyl (C=O) groups is 2. The Bertz CT molecular complexity index is 984. The molecule has 0 unspecified atom stereocenters. The summed E-state index contributed by atoms with van der Waals surface area (Å²) >= 11 is 1.60. The fraction of sp³-hybridized carbons (Fsp3) is 0.261. The highest BCUT2D eigenvalue weighted by Gasteiger charge is 2.24. The van der Waals surface area contributed by atoms with Crippen molar-refractivity contribution in [3.63, 3.8) is 0 Å². The van der Waals surface area contributed by atoms with Gasteiger partial charge in [0.2, 0.25) is 5.91 Å². The van der Waals surface area contributed by atoms with Crippen LogP contribution >= 0.6 is 11.3 Å². The average Bonchev–Trinajstić information content (AvgIpc) is 3.17. The van der Waals surface area contributed by atoms with Crippen molar-refractivity contribution in [3.8, 4) is 17.0 Å². The lowest BCUT2D eigenvalue weighted by Gasteiger charge is -2.22. The van der Waals surface area contributed by atoms with Crippen LogP contribution in [0.25, 0.3) is 11.3 Å². The van der Waals surface area contributed by atoms with E-state index >= 15 is 0 Å². The Morgan fingerprint density at radius 1 is 1.07 bits per heavy atom. The molecule has 6 nitrogen and oxygen atoms in total. The molecule has 156 valence electrons. The van der Waals surface area contributed by atoms with E-state index < -0.39 is 6.04 Å². The molecule has 1 heterocycles. The normalized spacial score (nSPS) is 11.7. The monoisotopic (exact) mass is 423 g/mol. The number of para-hydroxylation sites is 1. The number of aromatic nitrogens is 1. The zero-order valence-electron chi connectivity index (χ0n) is 17.2. The maximum absolute atomic E-state index is 12.7. The van der Waals surface area contributed by atoms with Crippen LogP contribution in [0.1, 0.15) is 18.9 Å². The fourth-order valence-electron chi connectivity index (χ4n) is 2.86. The van der Waals surface area contributed by atoms with Gasteiger partial charge in [0.25, 0.3) is 5.91 Å². The van der Waals surface area contributed by atoms with E-state index in [4.69, 9.17) is 4.74 Å². The van der Waals surface area contributed by atoms with E-state index in [1.807, 2.05) is 68.6 Å². The molecule has 0 aliphatic carbocycles. The number of hydrogen-bond donors (Lipinski definition) is 2. The number of hydrogen-bond acceptors (Lipinski definition) is 5. The predicted molar refractivity (Wildman–Crippen MR) is 120 cm³/mol. The molecule has 3 aromatic rings. The lowest BCUT2D eigenvalue weighted by Crippen LogP contribution is -2.48. The van der Waals surface area contributed by atoms with Gasteiger partial charge in [0.05, 0.1) is 10.7 Å². The van der Waals surface area contributed by atoms with E-state index in [2.05, 4.69) is 15.6 Å². The van der Waals surface area contributed by atoms with E-state index in [0.717, 1.165) is 16.3 Å². The summed E-state index contributed by atoms with van der Waals surface area (Å²) in [5.41, 5.74) is 2.57. The van der Waals surface area contributed by atoms with Gasteiger partial charge < -0.3 is 15.4 Å².